The van der Waals surface area contributed by atoms with Gasteiger partial charge in [-0.1, -0.05) is 23.7 Å². The maximum absolute atomic E-state index is 6.41. The first-order valence-electron chi connectivity index (χ1n) is 7.15. The Morgan fingerprint density at radius 3 is 2.82 bits per heavy atom. The zero-order valence-electron chi connectivity index (χ0n) is 11.8. The fourth-order valence-corrected chi connectivity index (χ4v) is 3.00. The van der Waals surface area contributed by atoms with Gasteiger partial charge in [-0.2, -0.15) is 5.10 Å². The molecule has 0 saturated carbocycles. The largest absolute Gasteiger partial charge is 0.370 e. The number of hydrogen-bond donors (Lipinski definition) is 1. The Hall–Kier alpha value is -2.40. The van der Waals surface area contributed by atoms with E-state index >= 15 is 0 Å². The van der Waals surface area contributed by atoms with Gasteiger partial charge in [-0.05, 0) is 18.2 Å². The second-order valence-electron chi connectivity index (χ2n) is 5.13. The molecule has 0 aliphatic carbocycles. The first-order chi connectivity index (χ1) is 10.8. The highest BCUT2D eigenvalue weighted by molar-refractivity contribution is 6.35. The van der Waals surface area contributed by atoms with Crippen LogP contribution in [0.25, 0.3) is 22.2 Å². The van der Waals surface area contributed by atoms with E-state index in [0.717, 1.165) is 41.1 Å². The van der Waals surface area contributed by atoms with Crippen molar-refractivity contribution >= 4 is 28.3 Å². The SMILES string of the molecule is Clc1cccc2c(-c3ccncc3)nn(CC3=NCCN3)c12. The highest BCUT2D eigenvalue weighted by Crippen LogP contribution is 2.31. The first-order valence-corrected chi connectivity index (χ1v) is 7.53. The minimum atomic E-state index is 0.602. The third-order valence-electron chi connectivity index (χ3n) is 3.72. The van der Waals surface area contributed by atoms with Crippen molar-refractivity contribution in [3.05, 3.63) is 47.7 Å². The Balaban J connectivity index is 1.89. The highest BCUT2D eigenvalue weighted by atomic mass is 35.5. The second-order valence-corrected chi connectivity index (χ2v) is 5.54. The third-order valence-corrected chi connectivity index (χ3v) is 4.02. The predicted molar refractivity (Wildman–Crippen MR) is 88.3 cm³/mol. The molecule has 6 heteroatoms. The number of amidine groups is 1. The highest BCUT2D eigenvalue weighted by Gasteiger charge is 2.16. The van der Waals surface area contributed by atoms with Crippen LogP contribution in [0.2, 0.25) is 5.02 Å². The van der Waals surface area contributed by atoms with Crippen LogP contribution in [0.3, 0.4) is 0 Å². The molecule has 3 aromatic rings. The van der Waals surface area contributed by atoms with Crippen LogP contribution in [0.1, 0.15) is 0 Å². The monoisotopic (exact) mass is 311 g/mol. The van der Waals surface area contributed by atoms with Crippen molar-refractivity contribution in [2.24, 2.45) is 4.99 Å². The standard InChI is InChI=1S/C16H14ClN5/c17-13-3-1-2-12-15(11-4-6-18-7-5-11)21-22(16(12)13)10-14-19-8-9-20-14/h1-7H,8-10H2,(H,19,20). The normalized spacial score (nSPS) is 14.1. The molecule has 110 valence electrons. The van der Waals surface area contributed by atoms with Gasteiger partial charge < -0.3 is 5.32 Å². The van der Waals surface area contributed by atoms with E-state index in [1.54, 1.807) is 12.4 Å². The van der Waals surface area contributed by atoms with Gasteiger partial charge in [0.1, 0.15) is 11.5 Å². The van der Waals surface area contributed by atoms with Crippen LogP contribution in [-0.4, -0.2) is 33.7 Å². The first kappa shape index (κ1) is 13.3. The van der Waals surface area contributed by atoms with E-state index in [4.69, 9.17) is 16.7 Å². The lowest BCUT2D eigenvalue weighted by atomic mass is 10.1. The van der Waals surface area contributed by atoms with Gasteiger partial charge in [0.15, 0.2) is 0 Å². The number of pyridine rings is 1. The van der Waals surface area contributed by atoms with Gasteiger partial charge in [0, 0.05) is 29.9 Å². The minimum Gasteiger partial charge on any atom is -0.370 e. The molecule has 0 fully saturated rings. The summed E-state index contributed by atoms with van der Waals surface area (Å²) in [5.74, 6) is 0.950. The Kier molecular flexibility index (Phi) is 3.27. The molecule has 0 radical (unpaired) electrons. The van der Waals surface area contributed by atoms with Gasteiger partial charge in [-0.15, -0.1) is 0 Å². The third kappa shape index (κ3) is 2.23. The van der Waals surface area contributed by atoms with Crippen molar-refractivity contribution in [1.29, 1.82) is 0 Å². The van der Waals surface area contributed by atoms with Crippen molar-refractivity contribution in [1.82, 2.24) is 20.1 Å². The van der Waals surface area contributed by atoms with Crippen LogP contribution in [0.5, 0.6) is 0 Å². The molecule has 4 rings (SSSR count). The van der Waals surface area contributed by atoms with Gasteiger partial charge in [0.05, 0.1) is 23.6 Å². The fourth-order valence-electron chi connectivity index (χ4n) is 2.73. The van der Waals surface area contributed by atoms with Gasteiger partial charge in [0.2, 0.25) is 0 Å². The van der Waals surface area contributed by atoms with Crippen LogP contribution in [0.4, 0.5) is 0 Å². The minimum absolute atomic E-state index is 0.602. The van der Waals surface area contributed by atoms with Crippen molar-refractivity contribution in [2.75, 3.05) is 13.1 Å². The summed E-state index contributed by atoms with van der Waals surface area (Å²) in [7, 11) is 0. The molecule has 0 atom stereocenters. The summed E-state index contributed by atoms with van der Waals surface area (Å²) in [6.45, 7) is 2.31. The molecule has 3 heterocycles. The molecule has 0 unspecified atom stereocenters. The van der Waals surface area contributed by atoms with E-state index < -0.39 is 0 Å². The van der Waals surface area contributed by atoms with Crippen LogP contribution in [0, 0.1) is 0 Å². The predicted octanol–water partition coefficient (Wildman–Crippen LogP) is 2.75. The summed E-state index contributed by atoms with van der Waals surface area (Å²) in [6, 6.07) is 9.80. The zero-order chi connectivity index (χ0) is 14.9. The summed E-state index contributed by atoms with van der Waals surface area (Å²) in [4.78, 5) is 8.51. The number of halogens is 1. The molecule has 1 aliphatic heterocycles. The topological polar surface area (TPSA) is 55.1 Å². The molecule has 0 amide bonds. The number of nitrogens with zero attached hydrogens (tertiary/aromatic N) is 4. The van der Waals surface area contributed by atoms with Crippen molar-refractivity contribution < 1.29 is 0 Å². The second kappa shape index (κ2) is 5.42. The van der Waals surface area contributed by atoms with Gasteiger partial charge in [-0.25, -0.2) is 0 Å². The molecule has 1 aliphatic rings. The van der Waals surface area contributed by atoms with Gasteiger partial charge in [0.25, 0.3) is 0 Å². The number of para-hydroxylation sites is 1. The number of fused-ring (bicyclic) bond motifs is 1. The number of rotatable bonds is 3. The lowest BCUT2D eigenvalue weighted by Crippen LogP contribution is -2.24. The summed E-state index contributed by atoms with van der Waals surface area (Å²) >= 11 is 6.41. The summed E-state index contributed by atoms with van der Waals surface area (Å²) in [5, 5.41) is 9.78. The van der Waals surface area contributed by atoms with Crippen LogP contribution < -0.4 is 5.32 Å². The van der Waals surface area contributed by atoms with E-state index in [-0.39, 0.29) is 0 Å². The molecule has 1 aromatic carbocycles. The van der Waals surface area contributed by atoms with Crippen LogP contribution >= 0.6 is 11.6 Å². The molecule has 5 nitrogen and oxygen atoms in total. The maximum atomic E-state index is 6.41. The molecule has 0 saturated heterocycles. The molecule has 0 bridgehead atoms. The number of aromatic nitrogens is 3. The average molecular weight is 312 g/mol. The van der Waals surface area contributed by atoms with Crippen molar-refractivity contribution in [3.8, 4) is 11.3 Å². The number of benzene rings is 1. The number of nitrogens with one attached hydrogen (secondary N) is 1. The summed E-state index contributed by atoms with van der Waals surface area (Å²) in [5.41, 5.74) is 2.88. The van der Waals surface area contributed by atoms with Gasteiger partial charge in [-0.3, -0.25) is 14.7 Å². The fraction of sp³-hybridized carbons (Fsp3) is 0.188. The van der Waals surface area contributed by atoms with E-state index in [1.807, 2.05) is 35.0 Å². The molecule has 22 heavy (non-hydrogen) atoms. The zero-order valence-corrected chi connectivity index (χ0v) is 12.6. The Morgan fingerprint density at radius 1 is 1.18 bits per heavy atom. The Labute approximate surface area is 132 Å². The van der Waals surface area contributed by atoms with Crippen molar-refractivity contribution in [2.45, 2.75) is 6.54 Å². The lowest BCUT2D eigenvalue weighted by molar-refractivity contribution is 0.742. The lowest BCUT2D eigenvalue weighted by Gasteiger charge is -2.05. The van der Waals surface area contributed by atoms with Crippen molar-refractivity contribution in [3.63, 3.8) is 0 Å². The smallest absolute Gasteiger partial charge is 0.118 e. The average Bonchev–Trinajstić information content (AvgIpc) is 3.17. The quantitative estimate of drug-likeness (QED) is 0.809. The molecule has 1 N–H and O–H groups in total. The van der Waals surface area contributed by atoms with E-state index in [9.17, 15) is 0 Å². The molecule has 0 spiro atoms. The van der Waals surface area contributed by atoms with E-state index in [1.165, 1.54) is 0 Å². The molecular weight excluding hydrogens is 298 g/mol. The summed E-state index contributed by atoms with van der Waals surface area (Å²) in [6.07, 6.45) is 3.54. The number of hydrogen-bond acceptors (Lipinski definition) is 4. The van der Waals surface area contributed by atoms with Crippen LogP contribution in [0.15, 0.2) is 47.7 Å². The van der Waals surface area contributed by atoms with Crippen LogP contribution in [-0.2, 0) is 6.54 Å². The Morgan fingerprint density at radius 2 is 2.05 bits per heavy atom. The molecule has 2 aromatic heterocycles. The van der Waals surface area contributed by atoms with Gasteiger partial charge >= 0.3 is 0 Å². The van der Waals surface area contributed by atoms with E-state index in [0.29, 0.717) is 11.6 Å². The molecular formula is C16H14ClN5. The Bertz CT molecular complexity index is 854. The number of aliphatic imine (C=N–C) groups is 1. The summed E-state index contributed by atoms with van der Waals surface area (Å²) < 4.78 is 1.92. The maximum Gasteiger partial charge on any atom is 0.118 e. The van der Waals surface area contributed by atoms with E-state index in [2.05, 4.69) is 15.3 Å².